The molecule has 0 aromatic heterocycles. The minimum atomic E-state index is -0.169. The number of hydrogen-bond donors (Lipinski definition) is 0. The molecule has 0 radical (unpaired) electrons. The Morgan fingerprint density at radius 2 is 1.03 bits per heavy atom. The summed E-state index contributed by atoms with van der Waals surface area (Å²) < 4.78 is 0. The van der Waals surface area contributed by atoms with E-state index in [1.165, 1.54) is 130 Å². The fourth-order valence-electron chi connectivity index (χ4n) is 12.3. The number of aryl methyl sites for hydroxylation is 2. The van der Waals surface area contributed by atoms with Crippen LogP contribution in [-0.2, 0) is 27.1 Å². The number of hydrogen-bond acceptors (Lipinski definition) is 2. The van der Waals surface area contributed by atoms with Crippen molar-refractivity contribution in [1.29, 1.82) is 0 Å². The molecular weight excluding hydrogens is 796 g/mol. The van der Waals surface area contributed by atoms with Gasteiger partial charge < -0.3 is 9.80 Å². The highest BCUT2D eigenvalue weighted by atomic mass is 15.2. The van der Waals surface area contributed by atoms with Gasteiger partial charge in [-0.25, -0.2) is 0 Å². The van der Waals surface area contributed by atoms with Crippen molar-refractivity contribution in [1.82, 2.24) is 0 Å². The van der Waals surface area contributed by atoms with Gasteiger partial charge in [0, 0.05) is 45.1 Å². The SMILES string of the molecule is Cc1cc(C(C)(C)C)ccc1N1c2cc3c(cc2B2c4ccc5c(c4N(c4ccccc4C)c4cc(-c6ccccc6)cc1c42)-c1cc(C(C)(C)C)ccc1C5(C)C)C(C)(C)CCC3(C)C. The van der Waals surface area contributed by atoms with Crippen LogP contribution in [0.25, 0.3) is 22.3 Å². The van der Waals surface area contributed by atoms with Crippen LogP contribution < -0.4 is 26.2 Å². The van der Waals surface area contributed by atoms with Crippen LogP contribution in [-0.4, -0.2) is 6.71 Å². The molecule has 0 saturated carbocycles. The number of benzene rings is 7. The topological polar surface area (TPSA) is 6.48 Å². The third-order valence-electron chi connectivity index (χ3n) is 16.5. The first-order valence-electron chi connectivity index (χ1n) is 24.6. The van der Waals surface area contributed by atoms with Crippen molar-refractivity contribution in [2.45, 2.75) is 137 Å². The van der Waals surface area contributed by atoms with E-state index >= 15 is 0 Å². The molecule has 0 unspecified atom stereocenters. The van der Waals surface area contributed by atoms with Crippen LogP contribution in [0.1, 0.15) is 140 Å². The summed E-state index contributed by atoms with van der Waals surface area (Å²) in [5.41, 5.74) is 28.1. The zero-order valence-corrected chi connectivity index (χ0v) is 42.0. The van der Waals surface area contributed by atoms with E-state index < -0.39 is 0 Å². The number of rotatable bonds is 3. The molecule has 0 fully saturated rings. The minimum Gasteiger partial charge on any atom is -0.311 e. The van der Waals surface area contributed by atoms with E-state index in [1.807, 2.05) is 0 Å². The molecule has 332 valence electrons. The number of nitrogens with zero attached hydrogens (tertiary/aromatic N) is 2. The summed E-state index contributed by atoms with van der Waals surface area (Å²) >= 11 is 0. The zero-order chi connectivity index (χ0) is 46.6. The Labute approximate surface area is 396 Å². The molecule has 7 aromatic rings. The first-order valence-corrected chi connectivity index (χ1v) is 24.6. The minimum absolute atomic E-state index is 0.00453. The molecule has 2 nitrogen and oxygen atoms in total. The summed E-state index contributed by atoms with van der Waals surface area (Å²) in [6.07, 6.45) is 2.34. The molecule has 11 rings (SSSR count). The molecule has 0 saturated heterocycles. The van der Waals surface area contributed by atoms with Gasteiger partial charge in [-0.15, -0.1) is 0 Å². The van der Waals surface area contributed by atoms with Crippen LogP contribution in [0.4, 0.5) is 34.1 Å². The summed E-state index contributed by atoms with van der Waals surface area (Å²) in [5.74, 6) is 0. The van der Waals surface area contributed by atoms with E-state index in [2.05, 4.69) is 234 Å². The lowest BCUT2D eigenvalue weighted by atomic mass is 9.32. The smallest absolute Gasteiger partial charge is 0.252 e. The normalized spacial score (nSPS) is 17.1. The largest absolute Gasteiger partial charge is 0.311 e. The third-order valence-corrected chi connectivity index (χ3v) is 16.5. The molecule has 0 amide bonds. The molecule has 2 heterocycles. The Kier molecular flexibility index (Phi) is 9.16. The van der Waals surface area contributed by atoms with Crippen molar-refractivity contribution in [3.63, 3.8) is 0 Å². The second-order valence-corrected chi connectivity index (χ2v) is 24.2. The molecule has 2 aliphatic carbocycles. The summed E-state index contributed by atoms with van der Waals surface area (Å²) in [7, 11) is 0. The second kappa shape index (κ2) is 14.1. The first-order chi connectivity index (χ1) is 31.1. The van der Waals surface area contributed by atoms with Crippen molar-refractivity contribution in [2.24, 2.45) is 0 Å². The molecule has 0 N–H and O–H groups in total. The highest BCUT2D eigenvalue weighted by Gasteiger charge is 2.49. The van der Waals surface area contributed by atoms with Crippen molar-refractivity contribution in [3.05, 3.63) is 172 Å². The molecular formula is C63H67BN2. The average Bonchev–Trinajstić information content (AvgIpc) is 3.50. The lowest BCUT2D eigenvalue weighted by molar-refractivity contribution is 0.332. The van der Waals surface area contributed by atoms with Crippen molar-refractivity contribution < 1.29 is 0 Å². The Morgan fingerprint density at radius 1 is 0.455 bits per heavy atom. The van der Waals surface area contributed by atoms with Gasteiger partial charge in [0.05, 0.1) is 0 Å². The predicted molar refractivity (Wildman–Crippen MR) is 286 cm³/mol. The van der Waals surface area contributed by atoms with Crippen LogP contribution in [0.5, 0.6) is 0 Å². The van der Waals surface area contributed by atoms with Crippen LogP contribution in [0.15, 0.2) is 127 Å². The van der Waals surface area contributed by atoms with Gasteiger partial charge in [0.2, 0.25) is 0 Å². The van der Waals surface area contributed by atoms with Gasteiger partial charge in [0.1, 0.15) is 0 Å². The number of anilines is 6. The summed E-state index contributed by atoms with van der Waals surface area (Å²) in [6.45, 7) is 33.5. The van der Waals surface area contributed by atoms with E-state index in [0.29, 0.717) is 0 Å². The molecule has 0 bridgehead atoms. The monoisotopic (exact) mass is 863 g/mol. The molecule has 66 heavy (non-hydrogen) atoms. The molecule has 2 aliphatic heterocycles. The van der Waals surface area contributed by atoms with Gasteiger partial charge in [-0.2, -0.15) is 0 Å². The van der Waals surface area contributed by atoms with Crippen molar-refractivity contribution >= 4 is 57.2 Å². The van der Waals surface area contributed by atoms with E-state index in [-0.39, 0.29) is 33.8 Å². The molecule has 0 spiro atoms. The van der Waals surface area contributed by atoms with Crippen LogP contribution in [0, 0.1) is 13.8 Å². The van der Waals surface area contributed by atoms with Crippen molar-refractivity contribution in [3.8, 4) is 22.3 Å². The van der Waals surface area contributed by atoms with E-state index in [9.17, 15) is 0 Å². The van der Waals surface area contributed by atoms with Crippen molar-refractivity contribution in [2.75, 3.05) is 9.80 Å². The lowest BCUT2D eigenvalue weighted by Gasteiger charge is -2.48. The lowest BCUT2D eigenvalue weighted by Crippen LogP contribution is -2.62. The van der Waals surface area contributed by atoms with Crippen LogP contribution in [0.3, 0.4) is 0 Å². The van der Waals surface area contributed by atoms with Gasteiger partial charge in [0.25, 0.3) is 6.71 Å². The first kappa shape index (κ1) is 42.8. The Balaban J connectivity index is 1.33. The maximum atomic E-state index is 2.70. The van der Waals surface area contributed by atoms with E-state index in [4.69, 9.17) is 0 Å². The van der Waals surface area contributed by atoms with Gasteiger partial charge in [-0.1, -0.05) is 180 Å². The second-order valence-electron chi connectivity index (χ2n) is 24.2. The standard InChI is InChI=1S/C63H67BN2/c1-38-20-18-19-23-51(38)66-55-34-41(40-21-16-15-17-22-40)33-54-57(55)64(49-28-27-46-56(58(49)66)44-35-43(60(6,7)8)24-26-45(44)63(46,13)14)50-36-47-48(62(11,12)31-30-61(47,9)10)37-53(50)65(54)52-29-25-42(32-39(52)2)59(3,4)5/h15-29,32-37H,30-31H2,1-14H3. The summed E-state index contributed by atoms with van der Waals surface area (Å²) in [5, 5.41) is 0. The van der Waals surface area contributed by atoms with E-state index in [0.717, 1.165) is 0 Å². The Bertz CT molecular complexity index is 3170. The highest BCUT2D eigenvalue weighted by Crippen LogP contribution is 2.57. The third kappa shape index (κ3) is 6.20. The van der Waals surface area contributed by atoms with E-state index in [1.54, 1.807) is 0 Å². The van der Waals surface area contributed by atoms with Crippen LogP contribution >= 0.6 is 0 Å². The molecule has 4 aliphatic rings. The quantitative estimate of drug-likeness (QED) is 0.163. The maximum Gasteiger partial charge on any atom is 0.252 e. The zero-order valence-electron chi connectivity index (χ0n) is 42.0. The molecule has 7 aromatic carbocycles. The fraction of sp³-hybridized carbons (Fsp3) is 0.333. The fourth-order valence-corrected chi connectivity index (χ4v) is 12.3. The summed E-state index contributed by atoms with van der Waals surface area (Å²) in [4.78, 5) is 5.38. The molecule has 3 heteroatoms. The predicted octanol–water partition coefficient (Wildman–Crippen LogP) is 15.3. The maximum absolute atomic E-state index is 2.70. The summed E-state index contributed by atoms with van der Waals surface area (Å²) in [6, 6.07) is 50.3. The number of para-hydroxylation sites is 1. The van der Waals surface area contributed by atoms with Gasteiger partial charge in [0.15, 0.2) is 0 Å². The Morgan fingerprint density at radius 3 is 1.68 bits per heavy atom. The van der Waals surface area contributed by atoms with Crippen LogP contribution in [0.2, 0.25) is 0 Å². The van der Waals surface area contributed by atoms with Gasteiger partial charge >= 0.3 is 0 Å². The molecule has 0 atom stereocenters. The Hall–Kier alpha value is -5.80. The van der Waals surface area contributed by atoms with Gasteiger partial charge in [-0.05, 0) is 156 Å². The highest BCUT2D eigenvalue weighted by molar-refractivity contribution is 7.00. The van der Waals surface area contributed by atoms with Gasteiger partial charge in [-0.3, -0.25) is 0 Å². The number of fused-ring (bicyclic) bond motifs is 9. The average molecular weight is 863 g/mol.